The van der Waals surface area contributed by atoms with Gasteiger partial charge in [0.2, 0.25) is 0 Å². The van der Waals surface area contributed by atoms with Crippen molar-refractivity contribution in [2.24, 2.45) is 0 Å². The molecule has 0 aromatic rings. The highest BCUT2D eigenvalue weighted by molar-refractivity contribution is 6.34. The maximum Gasteiger partial charge on any atom is 0.323 e. The zero-order chi connectivity index (χ0) is 15.1. The van der Waals surface area contributed by atoms with Gasteiger partial charge in [-0.15, -0.1) is 0 Å². The van der Waals surface area contributed by atoms with E-state index in [1.165, 1.54) is 0 Å². The van der Waals surface area contributed by atoms with Crippen LogP contribution in [0.5, 0.6) is 0 Å². The number of carbonyl (C=O) groups is 2. The molecule has 2 amide bonds. The van der Waals surface area contributed by atoms with E-state index < -0.39 is 11.8 Å². The van der Waals surface area contributed by atoms with Gasteiger partial charge in [-0.25, -0.2) is 5.01 Å². The molecule has 0 saturated carbocycles. The molecule has 2 aliphatic rings. The first-order chi connectivity index (χ1) is 10.1. The zero-order valence-electron chi connectivity index (χ0n) is 12.7. The predicted molar refractivity (Wildman–Crippen MR) is 79.5 cm³/mol. The Hall–Kier alpha value is -1.22. The Morgan fingerprint density at radius 1 is 1.00 bits per heavy atom. The van der Waals surface area contributed by atoms with Crippen LogP contribution >= 0.6 is 0 Å². The number of rotatable bonds is 4. The van der Waals surface area contributed by atoms with Crippen LogP contribution in [0.3, 0.4) is 0 Å². The molecule has 120 valence electrons. The van der Waals surface area contributed by atoms with Gasteiger partial charge < -0.3 is 15.5 Å². The fourth-order valence-corrected chi connectivity index (χ4v) is 2.46. The molecule has 2 fully saturated rings. The van der Waals surface area contributed by atoms with Crippen LogP contribution in [0.25, 0.3) is 0 Å². The van der Waals surface area contributed by atoms with E-state index >= 15 is 0 Å². The largest absolute Gasteiger partial charge is 0.347 e. The third kappa shape index (κ3) is 5.58. The fraction of sp³-hybridized carbons (Fsp3) is 0.846. The SMILES string of the molecule is CN1CCN(NC(=O)C(=O)NCCN2CCNCC2)CC1. The summed E-state index contributed by atoms with van der Waals surface area (Å²) in [5.41, 5.74) is 2.66. The van der Waals surface area contributed by atoms with E-state index in [-0.39, 0.29) is 0 Å². The maximum atomic E-state index is 11.8. The Labute approximate surface area is 125 Å². The molecule has 2 saturated heterocycles. The first-order valence-electron chi connectivity index (χ1n) is 7.60. The van der Waals surface area contributed by atoms with E-state index in [1.54, 1.807) is 5.01 Å². The average molecular weight is 298 g/mol. The average Bonchev–Trinajstić information content (AvgIpc) is 2.50. The molecule has 0 radical (unpaired) electrons. The van der Waals surface area contributed by atoms with Crippen LogP contribution in [0.15, 0.2) is 0 Å². The van der Waals surface area contributed by atoms with Crippen LogP contribution in [0.4, 0.5) is 0 Å². The van der Waals surface area contributed by atoms with Crippen LogP contribution < -0.4 is 16.1 Å². The minimum Gasteiger partial charge on any atom is -0.347 e. The molecule has 0 bridgehead atoms. The maximum absolute atomic E-state index is 11.8. The van der Waals surface area contributed by atoms with Gasteiger partial charge in [0.05, 0.1) is 0 Å². The molecular weight excluding hydrogens is 272 g/mol. The summed E-state index contributed by atoms with van der Waals surface area (Å²) in [6.07, 6.45) is 0. The molecular formula is C13H26N6O2. The molecule has 0 unspecified atom stereocenters. The normalized spacial score (nSPS) is 22.0. The summed E-state index contributed by atoms with van der Waals surface area (Å²) in [4.78, 5) is 28.0. The molecule has 2 aliphatic heterocycles. The molecule has 2 heterocycles. The highest BCUT2D eigenvalue weighted by Gasteiger charge is 2.20. The summed E-state index contributed by atoms with van der Waals surface area (Å²) < 4.78 is 0. The van der Waals surface area contributed by atoms with E-state index in [0.29, 0.717) is 6.54 Å². The lowest BCUT2D eigenvalue weighted by Gasteiger charge is -2.32. The third-order valence-electron chi connectivity index (χ3n) is 3.89. The Morgan fingerprint density at radius 3 is 2.33 bits per heavy atom. The van der Waals surface area contributed by atoms with Gasteiger partial charge in [0.25, 0.3) is 0 Å². The van der Waals surface area contributed by atoms with Crippen LogP contribution in [0, 0.1) is 0 Å². The van der Waals surface area contributed by atoms with Crippen molar-refractivity contribution in [1.82, 2.24) is 30.9 Å². The number of carbonyl (C=O) groups excluding carboxylic acids is 2. The van der Waals surface area contributed by atoms with Crippen molar-refractivity contribution in [1.29, 1.82) is 0 Å². The summed E-state index contributed by atoms with van der Waals surface area (Å²) in [5, 5.41) is 7.76. The van der Waals surface area contributed by atoms with E-state index in [0.717, 1.165) is 58.9 Å². The lowest BCUT2D eigenvalue weighted by Crippen LogP contribution is -2.55. The number of hydrogen-bond donors (Lipinski definition) is 3. The molecule has 2 rings (SSSR count). The van der Waals surface area contributed by atoms with Crippen molar-refractivity contribution in [3.8, 4) is 0 Å². The molecule has 0 aromatic carbocycles. The Morgan fingerprint density at radius 2 is 1.67 bits per heavy atom. The van der Waals surface area contributed by atoms with Gasteiger partial charge in [-0.1, -0.05) is 0 Å². The highest BCUT2D eigenvalue weighted by Crippen LogP contribution is 1.95. The molecule has 0 aliphatic carbocycles. The van der Waals surface area contributed by atoms with E-state index in [9.17, 15) is 9.59 Å². The van der Waals surface area contributed by atoms with E-state index in [1.807, 2.05) is 7.05 Å². The smallest absolute Gasteiger partial charge is 0.323 e. The van der Waals surface area contributed by atoms with Crippen LogP contribution in [-0.4, -0.2) is 99.1 Å². The molecule has 3 N–H and O–H groups in total. The second-order valence-electron chi connectivity index (χ2n) is 5.58. The van der Waals surface area contributed by atoms with Crippen molar-refractivity contribution >= 4 is 11.8 Å². The lowest BCUT2D eigenvalue weighted by atomic mass is 10.3. The molecule has 8 heteroatoms. The van der Waals surface area contributed by atoms with Gasteiger partial charge in [-0.3, -0.25) is 19.9 Å². The molecule has 8 nitrogen and oxygen atoms in total. The quantitative estimate of drug-likeness (QED) is 0.490. The van der Waals surface area contributed by atoms with Crippen molar-refractivity contribution < 1.29 is 9.59 Å². The number of nitrogens with zero attached hydrogens (tertiary/aromatic N) is 3. The Balaban J connectivity index is 1.59. The van der Waals surface area contributed by atoms with Gasteiger partial charge in [-0.05, 0) is 7.05 Å². The summed E-state index contributed by atoms with van der Waals surface area (Å²) in [5.74, 6) is -1.12. The minimum absolute atomic E-state index is 0.509. The Kier molecular flexibility index (Phi) is 6.37. The van der Waals surface area contributed by atoms with Crippen molar-refractivity contribution in [3.05, 3.63) is 0 Å². The lowest BCUT2D eigenvalue weighted by molar-refractivity contribution is -0.142. The van der Waals surface area contributed by atoms with Gasteiger partial charge in [0, 0.05) is 65.4 Å². The Bertz CT molecular complexity index is 351. The van der Waals surface area contributed by atoms with Gasteiger partial charge in [0.1, 0.15) is 0 Å². The number of amides is 2. The van der Waals surface area contributed by atoms with Crippen molar-refractivity contribution in [2.75, 3.05) is 72.5 Å². The molecule has 21 heavy (non-hydrogen) atoms. The van der Waals surface area contributed by atoms with E-state index in [4.69, 9.17) is 0 Å². The highest BCUT2D eigenvalue weighted by atomic mass is 16.2. The molecule has 0 spiro atoms. The van der Waals surface area contributed by atoms with Gasteiger partial charge in [0.15, 0.2) is 0 Å². The monoisotopic (exact) mass is 298 g/mol. The van der Waals surface area contributed by atoms with Crippen LogP contribution in [0.1, 0.15) is 0 Å². The van der Waals surface area contributed by atoms with Crippen molar-refractivity contribution in [3.63, 3.8) is 0 Å². The van der Waals surface area contributed by atoms with Gasteiger partial charge in [-0.2, -0.15) is 0 Å². The summed E-state index contributed by atoms with van der Waals surface area (Å²) in [6, 6.07) is 0. The first kappa shape index (κ1) is 16.2. The van der Waals surface area contributed by atoms with Crippen molar-refractivity contribution in [2.45, 2.75) is 0 Å². The zero-order valence-corrected chi connectivity index (χ0v) is 12.7. The van der Waals surface area contributed by atoms with Crippen LogP contribution in [0.2, 0.25) is 0 Å². The first-order valence-corrected chi connectivity index (χ1v) is 7.60. The summed E-state index contributed by atoms with van der Waals surface area (Å²) in [6.45, 7) is 8.52. The summed E-state index contributed by atoms with van der Waals surface area (Å²) >= 11 is 0. The van der Waals surface area contributed by atoms with Crippen LogP contribution in [-0.2, 0) is 9.59 Å². The predicted octanol–water partition coefficient (Wildman–Crippen LogP) is -2.71. The summed E-state index contributed by atoms with van der Waals surface area (Å²) in [7, 11) is 2.04. The molecule has 0 atom stereocenters. The second-order valence-corrected chi connectivity index (χ2v) is 5.58. The molecule has 0 aromatic heterocycles. The number of nitrogens with one attached hydrogen (secondary N) is 3. The fourth-order valence-electron chi connectivity index (χ4n) is 2.46. The number of hydrazine groups is 1. The standard InChI is InChI=1S/C13H26N6O2/c1-17-8-10-19(11-9-17)16-13(21)12(20)15-4-7-18-5-2-14-3-6-18/h14H,2-11H2,1H3,(H,15,20)(H,16,21). The second kappa shape index (κ2) is 8.28. The number of piperazine rings is 2. The third-order valence-corrected chi connectivity index (χ3v) is 3.89. The number of likely N-dealkylation sites (N-methyl/N-ethyl adjacent to an activating group) is 1. The minimum atomic E-state index is -0.570. The number of hydrogen-bond acceptors (Lipinski definition) is 6. The van der Waals surface area contributed by atoms with E-state index in [2.05, 4.69) is 25.9 Å². The van der Waals surface area contributed by atoms with Gasteiger partial charge >= 0.3 is 11.8 Å². The topological polar surface area (TPSA) is 79.9 Å².